The van der Waals surface area contributed by atoms with Gasteiger partial charge in [0.2, 0.25) is 5.91 Å². The molecule has 0 spiro atoms. The minimum atomic E-state index is -1.10. The second-order valence-corrected chi connectivity index (χ2v) is 2.87. The third-order valence-corrected chi connectivity index (χ3v) is 1.73. The topological polar surface area (TPSA) is 70.1 Å². The van der Waals surface area contributed by atoms with Crippen molar-refractivity contribution in [1.82, 2.24) is 4.90 Å². The lowest BCUT2D eigenvalue weighted by molar-refractivity contribution is -0.129. The molecule has 0 aromatic rings. The van der Waals surface area contributed by atoms with Crippen LogP contribution in [0, 0.1) is 11.3 Å². The summed E-state index contributed by atoms with van der Waals surface area (Å²) >= 11 is 0. The molecule has 0 aromatic carbocycles. The van der Waals surface area contributed by atoms with Crippen molar-refractivity contribution >= 4 is 5.91 Å². The summed E-state index contributed by atoms with van der Waals surface area (Å²) in [6.07, 6.45) is -1.07. The number of nitriles is 1. The molecule has 0 aliphatic rings. The Morgan fingerprint density at radius 3 is 2.62 bits per heavy atom. The molecule has 0 aliphatic carbocycles. The fraction of sp³-hybridized carbons (Fsp3) is 0.750. The average molecular weight is 187 g/mol. The summed E-state index contributed by atoms with van der Waals surface area (Å²) in [4.78, 5) is 12.2. The van der Waals surface area contributed by atoms with Gasteiger partial charge in [0.15, 0.2) is 0 Å². The summed E-state index contributed by atoms with van der Waals surface area (Å²) in [5.41, 5.74) is 5.10. The van der Waals surface area contributed by atoms with Crippen LogP contribution in [0.25, 0.3) is 0 Å². The molecule has 0 saturated heterocycles. The largest absolute Gasteiger partial charge is 0.329 e. The summed E-state index contributed by atoms with van der Waals surface area (Å²) in [5.74, 6) is -0.354. The van der Waals surface area contributed by atoms with E-state index in [2.05, 4.69) is 0 Å². The number of alkyl halides is 1. The summed E-state index contributed by atoms with van der Waals surface area (Å²) < 4.78 is 12.5. The zero-order chi connectivity index (χ0) is 10.4. The maximum absolute atomic E-state index is 12.5. The van der Waals surface area contributed by atoms with Crippen molar-refractivity contribution in [3.8, 4) is 6.07 Å². The van der Waals surface area contributed by atoms with Crippen molar-refractivity contribution in [2.45, 2.75) is 25.6 Å². The molecule has 5 heteroatoms. The first-order chi connectivity index (χ1) is 6.02. The van der Waals surface area contributed by atoms with Gasteiger partial charge in [0.1, 0.15) is 12.2 Å². The number of rotatable bonds is 4. The third kappa shape index (κ3) is 3.85. The maximum Gasteiger partial charge on any atom is 0.237 e. The number of amides is 1. The lowest BCUT2D eigenvalue weighted by atomic mass is 10.1. The average Bonchev–Trinajstić information content (AvgIpc) is 2.11. The van der Waals surface area contributed by atoms with E-state index in [9.17, 15) is 9.18 Å². The molecule has 2 unspecified atom stereocenters. The van der Waals surface area contributed by atoms with Gasteiger partial charge in [0.25, 0.3) is 0 Å². The minimum absolute atomic E-state index is 0.0265. The Morgan fingerprint density at radius 1 is 1.77 bits per heavy atom. The minimum Gasteiger partial charge on any atom is -0.329 e. The van der Waals surface area contributed by atoms with E-state index >= 15 is 0 Å². The lowest BCUT2D eigenvalue weighted by Gasteiger charge is -2.22. The van der Waals surface area contributed by atoms with Crippen LogP contribution in [0.3, 0.4) is 0 Å². The summed E-state index contributed by atoms with van der Waals surface area (Å²) in [5, 5.41) is 8.64. The van der Waals surface area contributed by atoms with Crippen LogP contribution in [0.4, 0.5) is 4.39 Å². The molecule has 2 atom stereocenters. The number of carbonyl (C=O) groups excluding carboxylic acids is 1. The molecule has 0 aromatic heterocycles. The van der Waals surface area contributed by atoms with E-state index in [0.29, 0.717) is 0 Å². The maximum atomic E-state index is 12.5. The van der Waals surface area contributed by atoms with Crippen molar-refractivity contribution in [3.63, 3.8) is 0 Å². The predicted molar refractivity (Wildman–Crippen MR) is 46.4 cm³/mol. The number of nitrogens with two attached hydrogens (primary N) is 1. The highest BCUT2D eigenvalue weighted by Crippen LogP contribution is 2.06. The van der Waals surface area contributed by atoms with Gasteiger partial charge in [-0.05, 0) is 6.92 Å². The first-order valence-electron chi connectivity index (χ1n) is 4.02. The van der Waals surface area contributed by atoms with E-state index in [4.69, 9.17) is 11.0 Å². The number of hydrogen-bond acceptors (Lipinski definition) is 3. The molecule has 2 N–H and O–H groups in total. The molecular weight excluding hydrogens is 173 g/mol. The van der Waals surface area contributed by atoms with E-state index in [0.717, 1.165) is 0 Å². The number of hydrogen-bond donors (Lipinski definition) is 1. The Balaban J connectivity index is 4.25. The molecule has 13 heavy (non-hydrogen) atoms. The molecule has 1 amide bonds. The third-order valence-electron chi connectivity index (χ3n) is 1.73. The molecule has 0 fully saturated rings. The number of carbonyl (C=O) groups is 1. The fourth-order valence-corrected chi connectivity index (χ4v) is 0.923. The van der Waals surface area contributed by atoms with Crippen LogP contribution in [0.15, 0.2) is 0 Å². The van der Waals surface area contributed by atoms with Gasteiger partial charge >= 0.3 is 0 Å². The van der Waals surface area contributed by atoms with Gasteiger partial charge < -0.3 is 10.6 Å². The molecule has 0 saturated carbocycles. The molecule has 0 aliphatic heterocycles. The second kappa shape index (κ2) is 5.49. The zero-order valence-electron chi connectivity index (χ0n) is 7.83. The molecule has 4 nitrogen and oxygen atoms in total. The van der Waals surface area contributed by atoms with Gasteiger partial charge in [0, 0.05) is 13.5 Å². The number of nitrogens with zero attached hydrogens (tertiary/aromatic N) is 2. The van der Waals surface area contributed by atoms with Gasteiger partial charge in [-0.15, -0.1) is 0 Å². The highest BCUT2D eigenvalue weighted by molar-refractivity contribution is 5.78. The summed E-state index contributed by atoms with van der Waals surface area (Å²) in [7, 11) is 1.45. The normalized spacial score (nSPS) is 14.4. The van der Waals surface area contributed by atoms with Crippen LogP contribution in [0.5, 0.6) is 0 Å². The Bertz CT molecular complexity index is 212. The number of likely N-dealkylation sites (N-methyl/N-ethyl adjacent to an activating group) is 1. The molecule has 0 heterocycles. The summed E-state index contributed by atoms with van der Waals surface area (Å²) in [6, 6.07) is 1.13. The van der Waals surface area contributed by atoms with Gasteiger partial charge in [-0.1, -0.05) is 0 Å². The van der Waals surface area contributed by atoms with Crippen LogP contribution in [0.1, 0.15) is 13.3 Å². The molecular formula is C8H14FN3O. The van der Waals surface area contributed by atoms with E-state index < -0.39 is 12.2 Å². The lowest BCUT2D eigenvalue weighted by Crippen LogP contribution is -2.40. The Morgan fingerprint density at radius 2 is 2.31 bits per heavy atom. The van der Waals surface area contributed by atoms with Crippen LogP contribution in [-0.4, -0.2) is 36.6 Å². The van der Waals surface area contributed by atoms with E-state index in [-0.39, 0.29) is 18.9 Å². The van der Waals surface area contributed by atoms with E-state index in [1.54, 1.807) is 0 Å². The standard InChI is InChI=1S/C8H14FN3O/c1-6(9)3-7(4-10)12(2)8(13)5-11/h6-7H,3,5,11H2,1-2H3. The van der Waals surface area contributed by atoms with Crippen LogP contribution >= 0.6 is 0 Å². The first kappa shape index (κ1) is 11.8. The van der Waals surface area contributed by atoms with Crippen molar-refractivity contribution in [3.05, 3.63) is 0 Å². The molecule has 0 bridgehead atoms. The predicted octanol–water partition coefficient (Wildman–Crippen LogP) is 0.0438. The van der Waals surface area contributed by atoms with Gasteiger partial charge in [-0.3, -0.25) is 4.79 Å². The van der Waals surface area contributed by atoms with Gasteiger partial charge in [-0.2, -0.15) is 5.26 Å². The number of halogens is 1. The molecule has 0 rings (SSSR count). The van der Waals surface area contributed by atoms with Crippen LogP contribution in [0.2, 0.25) is 0 Å². The Labute approximate surface area is 77.1 Å². The highest BCUT2D eigenvalue weighted by atomic mass is 19.1. The van der Waals surface area contributed by atoms with Gasteiger partial charge in [-0.25, -0.2) is 4.39 Å². The fourth-order valence-electron chi connectivity index (χ4n) is 0.923. The van der Waals surface area contributed by atoms with Crippen molar-refractivity contribution in [2.75, 3.05) is 13.6 Å². The van der Waals surface area contributed by atoms with Gasteiger partial charge in [0.05, 0.1) is 12.6 Å². The van der Waals surface area contributed by atoms with Crippen LogP contribution in [-0.2, 0) is 4.79 Å². The van der Waals surface area contributed by atoms with Crippen molar-refractivity contribution < 1.29 is 9.18 Å². The Kier molecular flexibility index (Phi) is 5.00. The van der Waals surface area contributed by atoms with Crippen LogP contribution < -0.4 is 5.73 Å². The quantitative estimate of drug-likeness (QED) is 0.675. The zero-order valence-corrected chi connectivity index (χ0v) is 7.83. The van der Waals surface area contributed by atoms with Crippen molar-refractivity contribution in [1.29, 1.82) is 5.26 Å². The second-order valence-electron chi connectivity index (χ2n) is 2.87. The SMILES string of the molecule is CC(F)CC(C#N)N(C)C(=O)CN. The highest BCUT2D eigenvalue weighted by Gasteiger charge is 2.20. The smallest absolute Gasteiger partial charge is 0.237 e. The van der Waals surface area contributed by atoms with Crippen molar-refractivity contribution in [2.24, 2.45) is 5.73 Å². The molecule has 74 valence electrons. The molecule has 0 radical (unpaired) electrons. The summed E-state index contributed by atoms with van der Waals surface area (Å²) in [6.45, 7) is 1.19. The first-order valence-corrected chi connectivity index (χ1v) is 4.02. The Hall–Kier alpha value is -1.15. The monoisotopic (exact) mass is 187 g/mol. The van der Waals surface area contributed by atoms with E-state index in [1.807, 2.05) is 6.07 Å². The van der Waals surface area contributed by atoms with E-state index in [1.165, 1.54) is 18.9 Å².